The standard InChI is InChI=1S/C26H26F2N2O/c1-19-7-5-11-23(17-19)30(26(31)20-8-3-2-4-9-20)22-13-15-29(16-14-22)18-21-10-6-12-24(27)25(21)28/h2-12,17,22H,13-16,18H2,1H3. The van der Waals surface area contributed by atoms with Gasteiger partial charge in [0, 0.05) is 42.5 Å². The Morgan fingerprint density at radius 3 is 2.39 bits per heavy atom. The summed E-state index contributed by atoms with van der Waals surface area (Å²) in [5.41, 5.74) is 3.02. The third kappa shape index (κ3) is 4.83. The minimum Gasteiger partial charge on any atom is -0.305 e. The molecule has 3 aromatic rings. The van der Waals surface area contributed by atoms with Gasteiger partial charge in [-0.25, -0.2) is 8.78 Å². The van der Waals surface area contributed by atoms with Crippen molar-refractivity contribution in [3.63, 3.8) is 0 Å². The van der Waals surface area contributed by atoms with Crippen molar-refractivity contribution < 1.29 is 13.6 Å². The molecule has 160 valence electrons. The lowest BCUT2D eigenvalue weighted by Gasteiger charge is -2.39. The summed E-state index contributed by atoms with van der Waals surface area (Å²) in [4.78, 5) is 17.5. The average molecular weight is 421 g/mol. The van der Waals surface area contributed by atoms with E-state index in [1.54, 1.807) is 12.1 Å². The molecule has 0 unspecified atom stereocenters. The lowest BCUT2D eigenvalue weighted by molar-refractivity contribution is 0.0958. The van der Waals surface area contributed by atoms with Crippen molar-refractivity contribution in [2.45, 2.75) is 32.4 Å². The molecule has 1 fully saturated rings. The van der Waals surface area contributed by atoms with Crippen LogP contribution in [0.25, 0.3) is 0 Å². The van der Waals surface area contributed by atoms with E-state index >= 15 is 0 Å². The predicted octanol–water partition coefficient (Wildman–Crippen LogP) is 5.58. The van der Waals surface area contributed by atoms with Crippen molar-refractivity contribution in [2.24, 2.45) is 0 Å². The van der Waals surface area contributed by atoms with Gasteiger partial charge in [0.1, 0.15) is 0 Å². The summed E-state index contributed by atoms with van der Waals surface area (Å²) < 4.78 is 27.6. The van der Waals surface area contributed by atoms with E-state index in [0.717, 1.165) is 30.2 Å². The molecule has 0 aromatic heterocycles. The summed E-state index contributed by atoms with van der Waals surface area (Å²) in [6, 6.07) is 21.7. The topological polar surface area (TPSA) is 23.6 Å². The minimum absolute atomic E-state index is 0.0131. The molecule has 0 aliphatic carbocycles. The molecule has 1 heterocycles. The van der Waals surface area contributed by atoms with Crippen molar-refractivity contribution in [2.75, 3.05) is 18.0 Å². The Morgan fingerprint density at radius 1 is 0.968 bits per heavy atom. The van der Waals surface area contributed by atoms with Crippen LogP contribution in [0.1, 0.15) is 34.3 Å². The van der Waals surface area contributed by atoms with Gasteiger partial charge < -0.3 is 4.90 Å². The first kappa shape index (κ1) is 21.2. The van der Waals surface area contributed by atoms with Crippen LogP contribution < -0.4 is 4.90 Å². The van der Waals surface area contributed by atoms with Gasteiger partial charge in [0.05, 0.1) is 0 Å². The van der Waals surface area contributed by atoms with Gasteiger partial charge in [-0.3, -0.25) is 9.69 Å². The molecule has 0 atom stereocenters. The first-order chi connectivity index (χ1) is 15.0. The van der Waals surface area contributed by atoms with Gasteiger partial charge in [-0.1, -0.05) is 42.5 Å². The SMILES string of the molecule is Cc1cccc(N(C(=O)c2ccccc2)C2CCN(Cc3cccc(F)c3F)CC2)c1. The van der Waals surface area contributed by atoms with Crippen LogP contribution in [0.5, 0.6) is 0 Å². The third-order valence-corrected chi connectivity index (χ3v) is 5.87. The molecule has 3 nitrogen and oxygen atoms in total. The second-order valence-electron chi connectivity index (χ2n) is 8.10. The summed E-state index contributed by atoms with van der Waals surface area (Å²) in [6.07, 6.45) is 1.53. The number of hydrogen-bond acceptors (Lipinski definition) is 2. The maximum atomic E-state index is 14.1. The number of amides is 1. The van der Waals surface area contributed by atoms with Crippen LogP contribution in [0, 0.1) is 18.6 Å². The maximum absolute atomic E-state index is 14.1. The van der Waals surface area contributed by atoms with Gasteiger partial charge in [0.25, 0.3) is 5.91 Å². The summed E-state index contributed by atoms with van der Waals surface area (Å²) in [6.45, 7) is 3.81. The molecule has 4 rings (SSSR count). The third-order valence-electron chi connectivity index (χ3n) is 5.87. The normalized spacial score (nSPS) is 15.1. The molecule has 1 saturated heterocycles. The van der Waals surface area contributed by atoms with Gasteiger partial charge in [0.15, 0.2) is 11.6 Å². The molecule has 0 saturated carbocycles. The van der Waals surface area contributed by atoms with E-state index in [0.29, 0.717) is 30.8 Å². The molecular formula is C26H26F2N2O. The van der Waals surface area contributed by atoms with Gasteiger partial charge in [0.2, 0.25) is 0 Å². The van der Waals surface area contributed by atoms with E-state index in [4.69, 9.17) is 0 Å². The Bertz CT molecular complexity index is 1050. The highest BCUT2D eigenvalue weighted by Gasteiger charge is 2.30. The Kier molecular flexibility index (Phi) is 6.42. The summed E-state index contributed by atoms with van der Waals surface area (Å²) in [5, 5.41) is 0. The van der Waals surface area contributed by atoms with Crippen LogP contribution >= 0.6 is 0 Å². The highest BCUT2D eigenvalue weighted by molar-refractivity contribution is 6.06. The van der Waals surface area contributed by atoms with Gasteiger partial charge in [-0.15, -0.1) is 0 Å². The van der Waals surface area contributed by atoms with Gasteiger partial charge >= 0.3 is 0 Å². The Hall–Kier alpha value is -3.05. The zero-order valence-electron chi connectivity index (χ0n) is 17.6. The van der Waals surface area contributed by atoms with Gasteiger partial charge in [-0.2, -0.15) is 0 Å². The molecule has 0 radical (unpaired) electrons. The Morgan fingerprint density at radius 2 is 1.68 bits per heavy atom. The first-order valence-electron chi connectivity index (χ1n) is 10.6. The highest BCUT2D eigenvalue weighted by Crippen LogP contribution is 2.27. The second-order valence-corrected chi connectivity index (χ2v) is 8.10. The van der Waals surface area contributed by atoms with E-state index in [1.807, 2.05) is 66.4 Å². The molecule has 3 aromatic carbocycles. The number of rotatable bonds is 5. The monoisotopic (exact) mass is 420 g/mol. The summed E-state index contributed by atoms with van der Waals surface area (Å²) in [7, 11) is 0. The number of likely N-dealkylation sites (tertiary alicyclic amines) is 1. The minimum atomic E-state index is -0.813. The maximum Gasteiger partial charge on any atom is 0.258 e. The van der Waals surface area contributed by atoms with Crippen molar-refractivity contribution in [1.29, 1.82) is 0 Å². The van der Waals surface area contributed by atoms with Crippen molar-refractivity contribution in [3.05, 3.63) is 101 Å². The van der Waals surface area contributed by atoms with Crippen LogP contribution in [-0.4, -0.2) is 29.9 Å². The van der Waals surface area contributed by atoms with Crippen LogP contribution in [0.15, 0.2) is 72.8 Å². The quantitative estimate of drug-likeness (QED) is 0.538. The predicted molar refractivity (Wildman–Crippen MR) is 119 cm³/mol. The van der Waals surface area contributed by atoms with E-state index in [1.165, 1.54) is 0 Å². The Labute approximate surface area is 181 Å². The number of carbonyl (C=O) groups is 1. The molecule has 1 aliphatic rings. The van der Waals surface area contributed by atoms with E-state index in [2.05, 4.69) is 4.90 Å². The smallest absolute Gasteiger partial charge is 0.258 e. The molecule has 1 aliphatic heterocycles. The molecule has 5 heteroatoms. The fraction of sp³-hybridized carbons (Fsp3) is 0.269. The molecule has 1 amide bonds. The molecular weight excluding hydrogens is 394 g/mol. The fourth-order valence-corrected chi connectivity index (χ4v) is 4.24. The van der Waals surface area contributed by atoms with Gasteiger partial charge in [-0.05, 0) is 55.7 Å². The number of aryl methyl sites for hydroxylation is 1. The summed E-state index contributed by atoms with van der Waals surface area (Å²) in [5.74, 6) is -1.60. The lowest BCUT2D eigenvalue weighted by atomic mass is 9.99. The van der Waals surface area contributed by atoms with E-state index in [9.17, 15) is 13.6 Å². The number of hydrogen-bond donors (Lipinski definition) is 0. The Balaban J connectivity index is 1.52. The van der Waals surface area contributed by atoms with E-state index in [-0.39, 0.29) is 11.9 Å². The number of benzene rings is 3. The summed E-state index contributed by atoms with van der Waals surface area (Å²) >= 11 is 0. The van der Waals surface area contributed by atoms with E-state index < -0.39 is 11.6 Å². The van der Waals surface area contributed by atoms with Crippen LogP contribution in [0.3, 0.4) is 0 Å². The lowest BCUT2D eigenvalue weighted by Crippen LogP contribution is -2.47. The van der Waals surface area contributed by atoms with Crippen LogP contribution in [-0.2, 0) is 6.54 Å². The van der Waals surface area contributed by atoms with Crippen molar-refractivity contribution in [3.8, 4) is 0 Å². The van der Waals surface area contributed by atoms with Crippen molar-refractivity contribution in [1.82, 2.24) is 4.90 Å². The zero-order chi connectivity index (χ0) is 21.8. The van der Waals surface area contributed by atoms with Crippen LogP contribution in [0.2, 0.25) is 0 Å². The number of halogens is 2. The van der Waals surface area contributed by atoms with Crippen molar-refractivity contribution >= 4 is 11.6 Å². The molecule has 0 N–H and O–H groups in total. The zero-order valence-corrected chi connectivity index (χ0v) is 17.6. The number of piperidine rings is 1. The molecule has 31 heavy (non-hydrogen) atoms. The number of anilines is 1. The number of nitrogens with zero attached hydrogens (tertiary/aromatic N) is 2. The number of carbonyl (C=O) groups excluding carboxylic acids is 1. The first-order valence-corrected chi connectivity index (χ1v) is 10.6. The second kappa shape index (κ2) is 9.40. The largest absolute Gasteiger partial charge is 0.305 e. The van der Waals surface area contributed by atoms with Crippen LogP contribution in [0.4, 0.5) is 14.5 Å². The fourth-order valence-electron chi connectivity index (χ4n) is 4.24. The average Bonchev–Trinajstić information content (AvgIpc) is 2.79. The highest BCUT2D eigenvalue weighted by atomic mass is 19.2. The molecule has 0 bridgehead atoms. The molecule has 0 spiro atoms.